The number of aryl methyl sites for hydroxylation is 1. The number of carbonyl (C=O) groups excluding carboxylic acids is 2. The van der Waals surface area contributed by atoms with Crippen LogP contribution in [0.3, 0.4) is 0 Å². The molecule has 0 fully saturated rings. The van der Waals surface area contributed by atoms with E-state index in [2.05, 4.69) is 41.9 Å². The zero-order valence-corrected chi connectivity index (χ0v) is 22.6. The van der Waals surface area contributed by atoms with E-state index in [1.165, 1.54) is 6.08 Å². The van der Waals surface area contributed by atoms with Gasteiger partial charge < -0.3 is 32.3 Å². The predicted octanol–water partition coefficient (Wildman–Crippen LogP) is 1.50. The first-order valence-corrected chi connectivity index (χ1v) is 13.1. The second kappa shape index (κ2) is 15.8. The number of hydrogen-bond donors (Lipinski definition) is 5. The van der Waals surface area contributed by atoms with E-state index in [4.69, 9.17) is 17.2 Å². The lowest BCUT2D eigenvalue weighted by Gasteiger charge is -2.34. The number of aromatic nitrogens is 1. The zero-order chi connectivity index (χ0) is 28.0. The van der Waals surface area contributed by atoms with E-state index >= 15 is 0 Å². The Balaban J connectivity index is 2.07. The molecular weight excluding hydrogens is 478 g/mol. The number of nitrogens with zero attached hydrogens (tertiary/aromatic N) is 2. The summed E-state index contributed by atoms with van der Waals surface area (Å²) in [5.74, 6) is -0.705. The van der Waals surface area contributed by atoms with Gasteiger partial charge in [-0.3, -0.25) is 14.6 Å². The molecule has 9 heteroatoms. The van der Waals surface area contributed by atoms with Crippen LogP contribution in [0.15, 0.2) is 73.6 Å². The largest absolute Gasteiger partial charge is 0.343 e. The number of rotatable bonds is 17. The predicted molar refractivity (Wildman–Crippen MR) is 155 cm³/mol. The molecular formula is C29H44N7O2+. The van der Waals surface area contributed by atoms with Crippen LogP contribution in [0.25, 0.3) is 10.9 Å². The molecule has 2 amide bonds. The van der Waals surface area contributed by atoms with Gasteiger partial charge >= 0.3 is 0 Å². The number of amides is 2. The van der Waals surface area contributed by atoms with Crippen LogP contribution in [0.5, 0.6) is 0 Å². The summed E-state index contributed by atoms with van der Waals surface area (Å²) >= 11 is 0. The fraction of sp³-hybridized carbons (Fsp3) is 0.414. The number of pyridine rings is 1. The average Bonchev–Trinajstić information content (AvgIpc) is 2.90. The van der Waals surface area contributed by atoms with Crippen molar-refractivity contribution in [2.75, 3.05) is 39.8 Å². The van der Waals surface area contributed by atoms with Gasteiger partial charge in [0, 0.05) is 30.4 Å². The number of benzene rings is 1. The summed E-state index contributed by atoms with van der Waals surface area (Å²) in [7, 11) is 2.11. The molecule has 206 valence electrons. The summed E-state index contributed by atoms with van der Waals surface area (Å²) in [6.45, 7) is 11.0. The number of fused-ring (bicyclic) bond motifs is 1. The molecule has 1 heterocycles. The fourth-order valence-electron chi connectivity index (χ4n) is 4.41. The van der Waals surface area contributed by atoms with Crippen LogP contribution in [0.4, 0.5) is 0 Å². The highest BCUT2D eigenvalue weighted by atomic mass is 16.2. The summed E-state index contributed by atoms with van der Waals surface area (Å²) in [5.41, 5.74) is 20.1. The van der Waals surface area contributed by atoms with E-state index in [1.807, 2.05) is 24.3 Å². The first-order chi connectivity index (χ1) is 18.2. The quantitative estimate of drug-likeness (QED) is 0.157. The summed E-state index contributed by atoms with van der Waals surface area (Å²) in [6, 6.07) is 8.38. The number of hydrogen-bond acceptors (Lipinski definition) is 6. The second-order valence-corrected chi connectivity index (χ2v) is 9.80. The van der Waals surface area contributed by atoms with Crippen molar-refractivity contribution in [3.8, 4) is 0 Å². The highest BCUT2D eigenvalue weighted by Crippen LogP contribution is 2.15. The smallest absolute Gasteiger partial charge is 0.246 e. The number of allylic oxidation sites excluding steroid dienone is 3. The van der Waals surface area contributed by atoms with Crippen LogP contribution >= 0.6 is 0 Å². The summed E-state index contributed by atoms with van der Waals surface area (Å²) in [4.78, 5) is 30.6. The van der Waals surface area contributed by atoms with Gasteiger partial charge in [-0.05, 0) is 55.5 Å². The van der Waals surface area contributed by atoms with Gasteiger partial charge in [0.05, 0.1) is 38.2 Å². The third-order valence-electron chi connectivity index (χ3n) is 6.67. The molecule has 0 saturated carbocycles. The Hall–Kier alpha value is -3.37. The summed E-state index contributed by atoms with van der Waals surface area (Å²) in [6.07, 6.45) is 8.69. The maximum absolute atomic E-state index is 13.1. The first-order valence-electron chi connectivity index (χ1n) is 13.1. The molecule has 1 aromatic carbocycles. The molecule has 1 aromatic heterocycles. The van der Waals surface area contributed by atoms with Crippen molar-refractivity contribution in [1.82, 2.24) is 15.6 Å². The zero-order valence-electron chi connectivity index (χ0n) is 22.6. The van der Waals surface area contributed by atoms with E-state index in [0.717, 1.165) is 47.0 Å². The maximum atomic E-state index is 13.1. The van der Waals surface area contributed by atoms with Crippen molar-refractivity contribution in [3.05, 3.63) is 79.2 Å². The summed E-state index contributed by atoms with van der Waals surface area (Å²) < 4.78 is 0.742. The van der Waals surface area contributed by atoms with Gasteiger partial charge in [-0.1, -0.05) is 37.4 Å². The second-order valence-electron chi connectivity index (χ2n) is 9.80. The molecule has 2 rings (SSSR count). The number of nitrogens with two attached hydrogens (primary N) is 3. The number of para-hydroxylation sites is 1. The van der Waals surface area contributed by atoms with Gasteiger partial charge in [0.25, 0.3) is 0 Å². The SMILES string of the molecule is C=C/C=C(\C=C)NC(=O)[C@H](CCc1cnc2ccccc2c1)NC(=O)C(N)CCC[N+](C)(CCN)CCN. The Kier molecular flexibility index (Phi) is 12.8. The lowest BCUT2D eigenvalue weighted by Crippen LogP contribution is -2.52. The minimum absolute atomic E-state index is 0.345. The van der Waals surface area contributed by atoms with E-state index < -0.39 is 12.1 Å². The monoisotopic (exact) mass is 522 g/mol. The van der Waals surface area contributed by atoms with Gasteiger partial charge in [-0.25, -0.2) is 0 Å². The van der Waals surface area contributed by atoms with Crippen LogP contribution in [-0.4, -0.2) is 73.1 Å². The molecule has 0 spiro atoms. The maximum Gasteiger partial charge on any atom is 0.246 e. The third-order valence-corrected chi connectivity index (χ3v) is 6.67. The Morgan fingerprint density at radius 1 is 1.08 bits per heavy atom. The van der Waals surface area contributed by atoms with Gasteiger partial charge in [0.2, 0.25) is 11.8 Å². The highest BCUT2D eigenvalue weighted by molar-refractivity contribution is 5.90. The van der Waals surface area contributed by atoms with Gasteiger partial charge in [0.15, 0.2) is 0 Å². The molecule has 9 nitrogen and oxygen atoms in total. The number of likely N-dealkylation sites (N-methyl/N-ethyl adjacent to an activating group) is 1. The van der Waals surface area contributed by atoms with E-state index in [-0.39, 0.29) is 11.8 Å². The average molecular weight is 523 g/mol. The first kappa shape index (κ1) is 30.9. The standard InChI is InChI=1S/C29H43N7O2/c1-4-9-24(5-2)34-29(38)27(14-13-22-20-23-10-6-7-12-26(23)33-21-22)35-28(37)25(32)11-8-17-36(3,18-15-30)19-16-31/h4-7,9-10,12,20-21,25,27H,1-2,8,11,13-19,30-32H2,3H3,(H-,34,35,37,38)/p+1/b24-9+/t25?,27-/m0/s1. The molecule has 0 saturated heterocycles. The van der Waals surface area contributed by atoms with Crippen LogP contribution in [0.2, 0.25) is 0 Å². The van der Waals surface area contributed by atoms with Gasteiger partial charge in [0.1, 0.15) is 6.04 Å². The molecule has 8 N–H and O–H groups in total. The van der Waals surface area contributed by atoms with Crippen molar-refractivity contribution in [3.63, 3.8) is 0 Å². The number of quaternary nitrogens is 1. The highest BCUT2D eigenvalue weighted by Gasteiger charge is 2.25. The van der Waals surface area contributed by atoms with Crippen LogP contribution in [-0.2, 0) is 16.0 Å². The summed E-state index contributed by atoms with van der Waals surface area (Å²) in [5, 5.41) is 6.69. The Labute approximate surface area is 226 Å². The van der Waals surface area contributed by atoms with E-state index in [0.29, 0.717) is 38.0 Å². The molecule has 1 unspecified atom stereocenters. The van der Waals surface area contributed by atoms with E-state index in [1.54, 1.807) is 18.3 Å². The van der Waals surface area contributed by atoms with Crippen molar-refractivity contribution in [2.24, 2.45) is 17.2 Å². The Morgan fingerprint density at radius 3 is 2.45 bits per heavy atom. The lowest BCUT2D eigenvalue weighted by atomic mass is 10.0. The van der Waals surface area contributed by atoms with Crippen LogP contribution in [0, 0.1) is 0 Å². The topological polar surface area (TPSA) is 149 Å². The number of carbonyl (C=O) groups is 2. The molecule has 0 radical (unpaired) electrons. The fourth-order valence-corrected chi connectivity index (χ4v) is 4.41. The minimum atomic E-state index is -0.788. The molecule has 2 aromatic rings. The van der Waals surface area contributed by atoms with Crippen LogP contribution < -0.4 is 27.8 Å². The normalized spacial score (nSPS) is 13.5. The van der Waals surface area contributed by atoms with Gasteiger partial charge in [-0.15, -0.1) is 0 Å². The van der Waals surface area contributed by atoms with Crippen molar-refractivity contribution >= 4 is 22.7 Å². The molecule has 0 aliphatic rings. The third kappa shape index (κ3) is 9.83. The van der Waals surface area contributed by atoms with E-state index in [9.17, 15) is 9.59 Å². The van der Waals surface area contributed by atoms with Crippen LogP contribution in [0.1, 0.15) is 24.8 Å². The number of nitrogens with one attached hydrogen (secondary N) is 2. The van der Waals surface area contributed by atoms with Crippen molar-refractivity contribution in [1.29, 1.82) is 0 Å². The van der Waals surface area contributed by atoms with Crippen molar-refractivity contribution in [2.45, 2.75) is 37.8 Å². The van der Waals surface area contributed by atoms with Crippen molar-refractivity contribution < 1.29 is 14.1 Å². The molecule has 0 aliphatic carbocycles. The molecule has 38 heavy (non-hydrogen) atoms. The molecule has 0 aliphatic heterocycles. The molecule has 0 bridgehead atoms. The van der Waals surface area contributed by atoms with Gasteiger partial charge in [-0.2, -0.15) is 0 Å². The lowest BCUT2D eigenvalue weighted by molar-refractivity contribution is -0.907. The minimum Gasteiger partial charge on any atom is -0.343 e. The Bertz CT molecular complexity index is 1110. The molecule has 2 atom stereocenters. The Morgan fingerprint density at radius 2 is 1.79 bits per heavy atom.